The molecule has 0 bridgehead atoms. The second-order valence-electron chi connectivity index (χ2n) is 6.30. The van der Waals surface area contributed by atoms with E-state index >= 15 is 0 Å². The summed E-state index contributed by atoms with van der Waals surface area (Å²) in [6.07, 6.45) is -5.08. The predicted molar refractivity (Wildman–Crippen MR) is 116 cm³/mol. The molecule has 0 spiro atoms. The van der Waals surface area contributed by atoms with Crippen LogP contribution >= 0.6 is 11.9 Å². The van der Waals surface area contributed by atoms with Gasteiger partial charge in [0.15, 0.2) is 0 Å². The summed E-state index contributed by atoms with van der Waals surface area (Å²) in [6.45, 7) is 0.653. The van der Waals surface area contributed by atoms with Crippen molar-refractivity contribution >= 4 is 17.9 Å². The SMILES string of the molecule is O=C(O)C(F)(F)F.OCCNSC(c1ccccc1)(c1ccccc1)c1ccccc1. The molecule has 0 saturated carbocycles. The van der Waals surface area contributed by atoms with Crippen molar-refractivity contribution in [1.82, 2.24) is 4.72 Å². The molecule has 31 heavy (non-hydrogen) atoms. The van der Waals surface area contributed by atoms with Crippen molar-refractivity contribution in [2.75, 3.05) is 13.2 Å². The third kappa shape index (κ3) is 6.58. The van der Waals surface area contributed by atoms with Crippen molar-refractivity contribution in [2.45, 2.75) is 10.9 Å². The average molecular weight is 449 g/mol. The van der Waals surface area contributed by atoms with Crippen LogP contribution in [0, 0.1) is 0 Å². The Morgan fingerprint density at radius 2 is 1.10 bits per heavy atom. The first-order valence-corrected chi connectivity index (χ1v) is 10.1. The Labute approximate surface area is 182 Å². The van der Waals surface area contributed by atoms with E-state index in [0.717, 1.165) is 0 Å². The summed E-state index contributed by atoms with van der Waals surface area (Å²) >= 11 is 1.64. The van der Waals surface area contributed by atoms with Crippen LogP contribution in [-0.2, 0) is 9.54 Å². The number of rotatable bonds is 7. The summed E-state index contributed by atoms with van der Waals surface area (Å²) < 4.78 is 34.7. The summed E-state index contributed by atoms with van der Waals surface area (Å²) in [5.41, 5.74) is 3.62. The van der Waals surface area contributed by atoms with Gasteiger partial charge in [-0.3, -0.25) is 4.72 Å². The third-order valence-electron chi connectivity index (χ3n) is 4.22. The minimum absolute atomic E-state index is 0.113. The van der Waals surface area contributed by atoms with E-state index in [1.54, 1.807) is 11.9 Å². The van der Waals surface area contributed by atoms with E-state index in [4.69, 9.17) is 9.90 Å². The molecule has 3 aromatic carbocycles. The number of carbonyl (C=O) groups is 1. The fourth-order valence-electron chi connectivity index (χ4n) is 2.90. The maximum Gasteiger partial charge on any atom is 0.490 e. The van der Waals surface area contributed by atoms with Gasteiger partial charge < -0.3 is 10.2 Å². The third-order valence-corrected chi connectivity index (χ3v) is 5.58. The lowest BCUT2D eigenvalue weighted by Crippen LogP contribution is -2.30. The number of carboxylic acid groups (broad SMARTS) is 1. The maximum absolute atomic E-state index is 10.6. The largest absolute Gasteiger partial charge is 0.490 e. The number of aliphatic hydroxyl groups is 1. The number of alkyl halides is 3. The quantitative estimate of drug-likeness (QED) is 0.274. The molecular weight excluding hydrogens is 427 g/mol. The maximum atomic E-state index is 10.6. The number of benzene rings is 3. The highest BCUT2D eigenvalue weighted by molar-refractivity contribution is 7.98. The fraction of sp³-hybridized carbons (Fsp3) is 0.174. The van der Waals surface area contributed by atoms with Crippen molar-refractivity contribution in [3.05, 3.63) is 108 Å². The molecule has 0 fully saturated rings. The molecule has 0 heterocycles. The highest BCUT2D eigenvalue weighted by Gasteiger charge is 2.38. The Hall–Kier alpha value is -2.81. The molecule has 0 aliphatic carbocycles. The molecular formula is C23H22F3NO3S. The Balaban J connectivity index is 0.000000423. The first kappa shape index (κ1) is 24.5. The van der Waals surface area contributed by atoms with Crippen LogP contribution in [0.2, 0.25) is 0 Å². The van der Waals surface area contributed by atoms with Crippen molar-refractivity contribution in [3.63, 3.8) is 0 Å². The fourth-order valence-corrected chi connectivity index (χ4v) is 4.07. The van der Waals surface area contributed by atoms with Crippen LogP contribution in [0.4, 0.5) is 13.2 Å². The van der Waals surface area contributed by atoms with Gasteiger partial charge in [-0.15, -0.1) is 0 Å². The van der Waals surface area contributed by atoms with Crippen molar-refractivity contribution < 1.29 is 28.2 Å². The number of carboxylic acids is 1. The van der Waals surface area contributed by atoms with Crippen LogP contribution in [0.15, 0.2) is 91.0 Å². The summed E-state index contributed by atoms with van der Waals surface area (Å²) in [6, 6.07) is 31.5. The van der Waals surface area contributed by atoms with E-state index in [2.05, 4.69) is 77.5 Å². The van der Waals surface area contributed by atoms with Crippen molar-refractivity contribution in [2.24, 2.45) is 0 Å². The van der Waals surface area contributed by atoms with Gasteiger partial charge in [-0.2, -0.15) is 13.2 Å². The number of hydrogen-bond acceptors (Lipinski definition) is 4. The second kappa shape index (κ2) is 11.5. The topological polar surface area (TPSA) is 69.6 Å². The average Bonchev–Trinajstić information content (AvgIpc) is 2.78. The zero-order chi connectivity index (χ0) is 22.7. The predicted octanol–water partition coefficient (Wildman–Crippen LogP) is 4.84. The van der Waals surface area contributed by atoms with Crippen molar-refractivity contribution in [1.29, 1.82) is 0 Å². The van der Waals surface area contributed by atoms with Gasteiger partial charge in [-0.1, -0.05) is 103 Å². The van der Waals surface area contributed by atoms with Crippen LogP contribution in [0.3, 0.4) is 0 Å². The van der Waals surface area contributed by atoms with Crippen LogP contribution in [0.5, 0.6) is 0 Å². The lowest BCUT2D eigenvalue weighted by Gasteiger charge is -2.35. The number of aliphatic carboxylic acids is 1. The molecule has 0 amide bonds. The van der Waals surface area contributed by atoms with E-state index < -0.39 is 12.1 Å². The summed E-state index contributed by atoms with van der Waals surface area (Å²) in [4.78, 5) is 8.90. The van der Waals surface area contributed by atoms with E-state index in [9.17, 15) is 18.3 Å². The normalized spacial score (nSPS) is 11.4. The lowest BCUT2D eigenvalue weighted by atomic mass is 9.84. The highest BCUT2D eigenvalue weighted by Crippen LogP contribution is 2.46. The van der Waals surface area contributed by atoms with Gasteiger partial charge in [0.05, 0.1) is 6.61 Å². The zero-order valence-electron chi connectivity index (χ0n) is 16.4. The van der Waals surface area contributed by atoms with Gasteiger partial charge in [0.1, 0.15) is 4.75 Å². The van der Waals surface area contributed by atoms with E-state index in [1.807, 2.05) is 18.2 Å². The highest BCUT2D eigenvalue weighted by atomic mass is 32.2. The molecule has 0 aromatic heterocycles. The summed E-state index contributed by atoms with van der Waals surface area (Å²) in [7, 11) is 0. The van der Waals surface area contributed by atoms with Crippen LogP contribution < -0.4 is 4.72 Å². The Morgan fingerprint density at radius 1 is 0.774 bits per heavy atom. The molecule has 0 aliphatic rings. The molecule has 0 saturated heterocycles. The lowest BCUT2D eigenvalue weighted by molar-refractivity contribution is -0.192. The van der Waals surface area contributed by atoms with E-state index in [-0.39, 0.29) is 11.4 Å². The minimum atomic E-state index is -5.08. The molecule has 3 rings (SSSR count). The molecule has 0 radical (unpaired) electrons. The van der Waals surface area contributed by atoms with Gasteiger partial charge in [-0.05, 0) is 16.7 Å². The van der Waals surface area contributed by atoms with Gasteiger partial charge in [-0.25, -0.2) is 4.79 Å². The molecule has 0 unspecified atom stereocenters. The molecule has 3 aromatic rings. The molecule has 4 nitrogen and oxygen atoms in total. The summed E-state index contributed by atoms with van der Waals surface area (Å²) in [5, 5.41) is 16.3. The Morgan fingerprint density at radius 3 is 1.35 bits per heavy atom. The van der Waals surface area contributed by atoms with Gasteiger partial charge >= 0.3 is 12.1 Å². The Kier molecular flexibility index (Phi) is 9.11. The zero-order valence-corrected chi connectivity index (χ0v) is 17.2. The van der Waals surface area contributed by atoms with Crippen LogP contribution in [-0.4, -0.2) is 35.5 Å². The monoisotopic (exact) mass is 449 g/mol. The smallest absolute Gasteiger partial charge is 0.475 e. The second-order valence-corrected chi connectivity index (χ2v) is 7.41. The number of halogens is 3. The standard InChI is InChI=1S/C21H21NOS.C2HF3O2/c23-17-16-22-24-21(18-10-4-1-5-11-18,19-12-6-2-7-13-19)20-14-8-3-9-15-20;3-2(4,5)1(6)7/h1-15,22-23H,16-17H2;(H,6,7). The van der Waals surface area contributed by atoms with Crippen LogP contribution in [0.1, 0.15) is 16.7 Å². The minimum Gasteiger partial charge on any atom is -0.475 e. The number of hydrogen-bond donors (Lipinski definition) is 3. The molecule has 3 N–H and O–H groups in total. The number of nitrogens with one attached hydrogen (secondary N) is 1. The molecule has 164 valence electrons. The Bertz CT molecular complexity index is 826. The first-order chi connectivity index (χ1) is 14.8. The van der Waals surface area contributed by atoms with Gasteiger partial charge in [0, 0.05) is 6.54 Å². The molecule has 8 heteroatoms. The van der Waals surface area contributed by atoms with Gasteiger partial charge in [0.25, 0.3) is 0 Å². The molecule has 0 aliphatic heterocycles. The number of aliphatic hydroxyl groups excluding tert-OH is 1. The van der Waals surface area contributed by atoms with E-state index in [0.29, 0.717) is 6.54 Å². The molecule has 0 atom stereocenters. The van der Waals surface area contributed by atoms with Crippen molar-refractivity contribution in [3.8, 4) is 0 Å². The first-order valence-electron chi connectivity index (χ1n) is 9.30. The van der Waals surface area contributed by atoms with Crippen LogP contribution in [0.25, 0.3) is 0 Å². The van der Waals surface area contributed by atoms with E-state index in [1.165, 1.54) is 16.7 Å². The summed E-state index contributed by atoms with van der Waals surface area (Å²) in [5.74, 6) is -2.76. The van der Waals surface area contributed by atoms with Gasteiger partial charge in [0.2, 0.25) is 0 Å².